The molecule has 1 aliphatic heterocycles. The van der Waals surface area contributed by atoms with Gasteiger partial charge in [-0.1, -0.05) is 97.5 Å². The van der Waals surface area contributed by atoms with E-state index in [0.29, 0.717) is 24.0 Å². The van der Waals surface area contributed by atoms with E-state index in [1.807, 2.05) is 78.9 Å². The van der Waals surface area contributed by atoms with Gasteiger partial charge in [0.25, 0.3) is 0 Å². The number of amides is 2. The zero-order valence-electron chi connectivity index (χ0n) is 25.8. The van der Waals surface area contributed by atoms with Crippen molar-refractivity contribution in [3.8, 4) is 11.4 Å². The standard InChI is InChI=1S/C35H36N6O5S/c1-23-31(22-47-35-38-39-40-41(35)29-15-17-30(43)18-16-29)45-33(46-32(23)27-11-9-26(21-42)10-12-27)28-13-7-25(8-14-28)20-37-34(44)36-19-24-5-3-2-4-6-24/h2-18,23,31-33,42-43H,19-22H2,1H3,(H2,36,37,44). The highest BCUT2D eigenvalue weighted by molar-refractivity contribution is 7.99. The first-order chi connectivity index (χ1) is 23.0. The fourth-order valence-electron chi connectivity index (χ4n) is 5.31. The summed E-state index contributed by atoms with van der Waals surface area (Å²) in [5.41, 5.74) is 5.39. The number of nitrogens with zero attached hydrogens (tertiary/aromatic N) is 4. The number of tetrazole rings is 1. The second kappa shape index (κ2) is 15.2. The van der Waals surface area contributed by atoms with Crippen LogP contribution in [0.2, 0.25) is 0 Å². The molecule has 4 unspecified atom stereocenters. The van der Waals surface area contributed by atoms with Gasteiger partial charge >= 0.3 is 6.03 Å². The van der Waals surface area contributed by atoms with Gasteiger partial charge in [-0.3, -0.25) is 0 Å². The first kappa shape index (κ1) is 32.2. The fourth-order valence-corrected chi connectivity index (χ4v) is 6.36. The SMILES string of the molecule is CC1C(CSc2nnnn2-c2ccc(O)cc2)OC(c2ccc(CNC(=O)NCc3ccccc3)cc2)OC1c1ccc(CO)cc1. The van der Waals surface area contributed by atoms with Crippen LogP contribution in [0.4, 0.5) is 4.79 Å². The van der Waals surface area contributed by atoms with E-state index in [1.165, 1.54) is 11.8 Å². The molecule has 0 bridgehead atoms. The number of hydrogen-bond acceptors (Lipinski definition) is 9. The van der Waals surface area contributed by atoms with E-state index in [-0.39, 0.29) is 36.5 Å². The van der Waals surface area contributed by atoms with Crippen LogP contribution >= 0.6 is 11.8 Å². The highest BCUT2D eigenvalue weighted by atomic mass is 32.2. The second-order valence-electron chi connectivity index (χ2n) is 11.3. The monoisotopic (exact) mass is 652 g/mol. The van der Waals surface area contributed by atoms with Gasteiger partial charge in [-0.2, -0.15) is 4.68 Å². The summed E-state index contributed by atoms with van der Waals surface area (Å²) in [5, 5.41) is 37.8. The molecular weight excluding hydrogens is 616 g/mol. The van der Waals surface area contributed by atoms with E-state index < -0.39 is 6.29 Å². The number of phenols is 1. The van der Waals surface area contributed by atoms with E-state index in [9.17, 15) is 15.0 Å². The summed E-state index contributed by atoms with van der Waals surface area (Å²) >= 11 is 1.48. The van der Waals surface area contributed by atoms with E-state index in [1.54, 1.807) is 28.9 Å². The van der Waals surface area contributed by atoms with Crippen molar-refractivity contribution in [2.24, 2.45) is 5.92 Å². The summed E-state index contributed by atoms with van der Waals surface area (Å²) < 4.78 is 14.8. The number of thioether (sulfide) groups is 1. The van der Waals surface area contributed by atoms with Crippen molar-refractivity contribution in [2.75, 3.05) is 5.75 Å². The van der Waals surface area contributed by atoms with Gasteiger partial charge in [0.05, 0.1) is 24.5 Å². The smallest absolute Gasteiger partial charge is 0.315 e. The lowest BCUT2D eigenvalue weighted by molar-refractivity contribution is -0.268. The lowest BCUT2D eigenvalue weighted by Crippen LogP contribution is -2.38. The largest absolute Gasteiger partial charge is 0.508 e. The molecular formula is C35H36N6O5S. The number of phenolic OH excluding ortho intramolecular Hbond substituents is 1. The minimum atomic E-state index is -0.636. The van der Waals surface area contributed by atoms with Crippen molar-refractivity contribution in [3.05, 3.63) is 131 Å². The summed E-state index contributed by atoms with van der Waals surface area (Å²) in [6, 6.07) is 31.8. The second-order valence-corrected chi connectivity index (χ2v) is 12.3. The van der Waals surface area contributed by atoms with Crippen molar-refractivity contribution in [3.63, 3.8) is 0 Å². The molecule has 4 N–H and O–H groups in total. The summed E-state index contributed by atoms with van der Waals surface area (Å²) in [6.45, 7) is 2.90. The van der Waals surface area contributed by atoms with Gasteiger partial charge in [0.2, 0.25) is 5.16 Å². The molecule has 0 radical (unpaired) electrons. The number of carbonyl (C=O) groups excluding carboxylic acids is 1. The predicted molar refractivity (Wildman–Crippen MR) is 176 cm³/mol. The van der Waals surface area contributed by atoms with Crippen LogP contribution in [0.3, 0.4) is 0 Å². The molecule has 4 atom stereocenters. The molecule has 1 aliphatic rings. The van der Waals surface area contributed by atoms with Crippen LogP contribution in [0, 0.1) is 5.92 Å². The Morgan fingerprint density at radius 1 is 0.830 bits per heavy atom. The highest BCUT2D eigenvalue weighted by Crippen LogP contribution is 2.43. The van der Waals surface area contributed by atoms with Crippen LogP contribution in [0.1, 0.15) is 47.1 Å². The maximum absolute atomic E-state index is 12.3. The molecule has 47 heavy (non-hydrogen) atoms. The molecule has 6 rings (SSSR count). The van der Waals surface area contributed by atoms with Crippen molar-refractivity contribution in [1.29, 1.82) is 0 Å². The van der Waals surface area contributed by atoms with Crippen molar-refractivity contribution in [2.45, 2.75) is 50.3 Å². The number of carbonyl (C=O) groups is 1. The van der Waals surface area contributed by atoms with Gasteiger partial charge in [-0.25, -0.2) is 4.79 Å². The summed E-state index contributed by atoms with van der Waals surface area (Å²) in [6.07, 6.45) is -1.13. The number of aromatic hydroxyl groups is 1. The molecule has 242 valence electrons. The zero-order valence-corrected chi connectivity index (χ0v) is 26.6. The molecule has 5 aromatic rings. The quantitative estimate of drug-likeness (QED) is 0.137. The normalized spacial score (nSPS) is 19.3. The number of nitrogens with one attached hydrogen (secondary N) is 2. The van der Waals surface area contributed by atoms with Gasteiger partial charge in [-0.05, 0) is 56.9 Å². The molecule has 11 nitrogen and oxygen atoms in total. The number of rotatable bonds is 11. The van der Waals surface area contributed by atoms with Gasteiger partial charge in [0.15, 0.2) is 6.29 Å². The molecule has 0 saturated carbocycles. The molecule has 1 aromatic heterocycles. The average molecular weight is 653 g/mol. The highest BCUT2D eigenvalue weighted by Gasteiger charge is 2.38. The van der Waals surface area contributed by atoms with E-state index in [2.05, 4.69) is 33.1 Å². The molecule has 1 saturated heterocycles. The molecule has 2 amide bonds. The Bertz CT molecular complexity index is 1740. The van der Waals surface area contributed by atoms with Crippen LogP contribution < -0.4 is 10.6 Å². The Hall–Kier alpha value is -4.75. The molecule has 2 heterocycles. The maximum atomic E-state index is 12.3. The Labute approximate surface area is 276 Å². The minimum absolute atomic E-state index is 0.0189. The number of ether oxygens (including phenoxy) is 2. The van der Waals surface area contributed by atoms with Crippen molar-refractivity contribution in [1.82, 2.24) is 30.8 Å². The van der Waals surface area contributed by atoms with Gasteiger partial charge < -0.3 is 30.3 Å². The summed E-state index contributed by atoms with van der Waals surface area (Å²) in [5.74, 6) is 0.706. The summed E-state index contributed by atoms with van der Waals surface area (Å²) in [4.78, 5) is 12.3. The molecule has 0 spiro atoms. The van der Waals surface area contributed by atoms with E-state index >= 15 is 0 Å². The number of urea groups is 1. The summed E-state index contributed by atoms with van der Waals surface area (Å²) in [7, 11) is 0. The van der Waals surface area contributed by atoms with Crippen LogP contribution in [0.5, 0.6) is 5.75 Å². The van der Waals surface area contributed by atoms with Crippen LogP contribution in [-0.2, 0) is 29.2 Å². The maximum Gasteiger partial charge on any atom is 0.315 e. The van der Waals surface area contributed by atoms with Crippen LogP contribution in [0.25, 0.3) is 5.69 Å². The van der Waals surface area contributed by atoms with Crippen LogP contribution in [-0.4, -0.2) is 48.3 Å². The molecule has 1 fully saturated rings. The Balaban J connectivity index is 1.14. The van der Waals surface area contributed by atoms with E-state index in [4.69, 9.17) is 9.47 Å². The Morgan fingerprint density at radius 2 is 1.47 bits per heavy atom. The third-order valence-corrected chi connectivity index (χ3v) is 9.04. The Morgan fingerprint density at radius 3 is 2.15 bits per heavy atom. The lowest BCUT2D eigenvalue weighted by atomic mass is 9.91. The fraction of sp³-hybridized carbons (Fsp3) is 0.257. The topological polar surface area (TPSA) is 144 Å². The zero-order chi connectivity index (χ0) is 32.6. The van der Waals surface area contributed by atoms with Gasteiger partial charge in [-0.15, -0.1) is 5.10 Å². The number of hydrogen-bond donors (Lipinski definition) is 4. The van der Waals surface area contributed by atoms with E-state index in [0.717, 1.165) is 33.5 Å². The van der Waals surface area contributed by atoms with Gasteiger partial charge in [0, 0.05) is 30.3 Å². The number of aromatic nitrogens is 4. The van der Waals surface area contributed by atoms with Crippen molar-refractivity contribution < 1.29 is 24.5 Å². The number of benzene rings is 4. The molecule has 0 aliphatic carbocycles. The minimum Gasteiger partial charge on any atom is -0.508 e. The first-order valence-corrected chi connectivity index (χ1v) is 16.3. The molecule has 12 heteroatoms. The van der Waals surface area contributed by atoms with Gasteiger partial charge in [0.1, 0.15) is 5.75 Å². The predicted octanol–water partition coefficient (Wildman–Crippen LogP) is 5.44. The third-order valence-electron chi connectivity index (χ3n) is 8.04. The lowest BCUT2D eigenvalue weighted by Gasteiger charge is -2.41. The number of aliphatic hydroxyl groups excluding tert-OH is 1. The number of aliphatic hydroxyl groups is 1. The third kappa shape index (κ3) is 8.16. The van der Waals surface area contributed by atoms with Crippen molar-refractivity contribution >= 4 is 17.8 Å². The van der Waals surface area contributed by atoms with Crippen LogP contribution in [0.15, 0.2) is 108 Å². The molecule has 4 aromatic carbocycles. The average Bonchev–Trinajstić information content (AvgIpc) is 3.59. The Kier molecular flexibility index (Phi) is 10.4. The first-order valence-electron chi connectivity index (χ1n) is 15.3.